The second-order valence-electron chi connectivity index (χ2n) is 2.88. The highest BCUT2D eigenvalue weighted by molar-refractivity contribution is 5.95. The van der Waals surface area contributed by atoms with Gasteiger partial charge in [0.25, 0.3) is 0 Å². The number of ether oxygens (including phenoxy) is 1. The molecule has 0 radical (unpaired) electrons. The molecule has 0 bridgehead atoms. The number of hydrogen-bond acceptors (Lipinski definition) is 3. The minimum absolute atomic E-state index is 0.103. The molecule has 14 heavy (non-hydrogen) atoms. The Morgan fingerprint density at radius 3 is 2.71 bits per heavy atom. The summed E-state index contributed by atoms with van der Waals surface area (Å²) in [7, 11) is 1.26. The van der Waals surface area contributed by atoms with Crippen molar-refractivity contribution < 1.29 is 13.9 Å². The molecule has 0 spiro atoms. The van der Waals surface area contributed by atoms with Crippen LogP contribution in [0.25, 0.3) is 0 Å². The molecule has 0 aliphatic carbocycles. The van der Waals surface area contributed by atoms with Crippen molar-refractivity contribution >= 4 is 11.7 Å². The van der Waals surface area contributed by atoms with Crippen molar-refractivity contribution in [3.8, 4) is 0 Å². The van der Waals surface area contributed by atoms with Gasteiger partial charge in [-0.15, -0.1) is 0 Å². The second kappa shape index (κ2) is 4.09. The Morgan fingerprint density at radius 2 is 2.21 bits per heavy atom. The fraction of sp³-hybridized carbons (Fsp3) is 0.300. The molecule has 76 valence electrons. The topological polar surface area (TPSA) is 52.3 Å². The lowest BCUT2D eigenvalue weighted by molar-refractivity contribution is 0.0602. The minimum Gasteiger partial charge on any atom is -0.465 e. The molecule has 1 rings (SSSR count). The van der Waals surface area contributed by atoms with Gasteiger partial charge in [-0.25, -0.2) is 9.18 Å². The van der Waals surface area contributed by atoms with Crippen LogP contribution in [0.2, 0.25) is 0 Å². The van der Waals surface area contributed by atoms with E-state index >= 15 is 0 Å². The monoisotopic (exact) mass is 197 g/mol. The lowest BCUT2D eigenvalue weighted by Gasteiger charge is -2.06. The van der Waals surface area contributed by atoms with Crippen LogP contribution in [0.15, 0.2) is 12.1 Å². The highest BCUT2D eigenvalue weighted by Crippen LogP contribution is 2.19. The molecule has 0 aliphatic heterocycles. The number of methoxy groups -OCH3 is 1. The average molecular weight is 197 g/mol. The number of nitrogen functional groups attached to an aromatic ring is 1. The molecule has 0 heterocycles. The van der Waals surface area contributed by atoms with E-state index in [1.54, 1.807) is 6.92 Å². The lowest BCUT2D eigenvalue weighted by Crippen LogP contribution is -2.07. The number of esters is 1. The van der Waals surface area contributed by atoms with E-state index < -0.39 is 11.8 Å². The number of nitrogens with two attached hydrogens (primary N) is 1. The minimum atomic E-state index is -0.544. The van der Waals surface area contributed by atoms with E-state index in [1.165, 1.54) is 13.2 Å². The highest BCUT2D eigenvalue weighted by atomic mass is 19.1. The van der Waals surface area contributed by atoms with Crippen LogP contribution in [-0.2, 0) is 11.2 Å². The molecule has 1 aromatic carbocycles. The molecule has 0 saturated carbocycles. The maximum absolute atomic E-state index is 13.2. The third-order valence-electron chi connectivity index (χ3n) is 2.00. The molecule has 0 amide bonds. The molecule has 2 N–H and O–H groups in total. The van der Waals surface area contributed by atoms with Gasteiger partial charge in [0, 0.05) is 5.69 Å². The summed E-state index contributed by atoms with van der Waals surface area (Å²) in [5.74, 6) is -0.935. The van der Waals surface area contributed by atoms with E-state index in [-0.39, 0.29) is 11.3 Å². The van der Waals surface area contributed by atoms with Crippen LogP contribution >= 0.6 is 0 Å². The van der Waals surface area contributed by atoms with Crippen LogP contribution in [0.1, 0.15) is 22.8 Å². The van der Waals surface area contributed by atoms with Gasteiger partial charge in [0.2, 0.25) is 0 Å². The van der Waals surface area contributed by atoms with Crippen molar-refractivity contribution in [3.63, 3.8) is 0 Å². The zero-order chi connectivity index (χ0) is 10.7. The molecule has 0 atom stereocenters. The number of hydrogen-bond donors (Lipinski definition) is 1. The van der Waals surface area contributed by atoms with E-state index in [4.69, 9.17) is 5.73 Å². The normalized spacial score (nSPS) is 9.93. The quantitative estimate of drug-likeness (QED) is 0.580. The highest BCUT2D eigenvalue weighted by Gasteiger charge is 2.13. The van der Waals surface area contributed by atoms with Crippen LogP contribution in [0.3, 0.4) is 0 Å². The van der Waals surface area contributed by atoms with Crippen LogP contribution in [0.4, 0.5) is 10.1 Å². The van der Waals surface area contributed by atoms with Crippen molar-refractivity contribution in [2.45, 2.75) is 13.3 Å². The fourth-order valence-electron chi connectivity index (χ4n) is 1.19. The zero-order valence-electron chi connectivity index (χ0n) is 8.13. The summed E-state index contributed by atoms with van der Waals surface area (Å²) >= 11 is 0. The van der Waals surface area contributed by atoms with E-state index in [9.17, 15) is 9.18 Å². The van der Waals surface area contributed by atoms with E-state index in [2.05, 4.69) is 4.74 Å². The van der Waals surface area contributed by atoms with Gasteiger partial charge in [0.05, 0.1) is 12.7 Å². The Morgan fingerprint density at radius 1 is 1.57 bits per heavy atom. The lowest BCUT2D eigenvalue weighted by atomic mass is 10.1. The van der Waals surface area contributed by atoms with E-state index in [0.29, 0.717) is 12.0 Å². The smallest absolute Gasteiger partial charge is 0.339 e. The molecular formula is C10H12FNO2. The predicted octanol–water partition coefficient (Wildman–Crippen LogP) is 1.76. The summed E-state index contributed by atoms with van der Waals surface area (Å²) in [6.07, 6.45) is 0.510. The number of halogens is 1. The van der Waals surface area contributed by atoms with Gasteiger partial charge in [-0.3, -0.25) is 0 Å². The number of aryl methyl sites for hydroxylation is 1. The standard InChI is InChI=1S/C10H12FNO2/c1-3-6-4-7(10(13)14-2)9(12)5-8(6)11/h4-5H,3,12H2,1-2H3. The molecule has 0 unspecified atom stereocenters. The molecule has 4 heteroatoms. The largest absolute Gasteiger partial charge is 0.465 e. The number of rotatable bonds is 2. The Labute approximate surface area is 81.7 Å². The maximum atomic E-state index is 13.2. The average Bonchev–Trinajstić information content (AvgIpc) is 2.17. The molecule has 3 nitrogen and oxygen atoms in total. The summed E-state index contributed by atoms with van der Waals surface area (Å²) < 4.78 is 17.7. The van der Waals surface area contributed by atoms with E-state index in [0.717, 1.165) is 6.07 Å². The Bertz CT molecular complexity index is 363. The fourth-order valence-corrected chi connectivity index (χ4v) is 1.19. The number of anilines is 1. The van der Waals surface area contributed by atoms with Crippen molar-refractivity contribution in [2.75, 3.05) is 12.8 Å². The SMILES string of the molecule is CCc1cc(C(=O)OC)c(N)cc1F. The first kappa shape index (κ1) is 10.5. The molecule has 1 aromatic rings. The van der Waals surface area contributed by atoms with Crippen molar-refractivity contribution in [3.05, 3.63) is 29.1 Å². The summed E-state index contributed by atoms with van der Waals surface area (Å²) in [4.78, 5) is 11.2. The second-order valence-corrected chi connectivity index (χ2v) is 2.88. The predicted molar refractivity (Wildman–Crippen MR) is 51.5 cm³/mol. The first-order valence-corrected chi connectivity index (χ1v) is 4.26. The zero-order valence-corrected chi connectivity index (χ0v) is 8.13. The first-order chi connectivity index (χ1) is 6.60. The van der Waals surface area contributed by atoms with Crippen molar-refractivity contribution in [1.29, 1.82) is 0 Å². The Kier molecular flexibility index (Phi) is 3.06. The van der Waals surface area contributed by atoms with E-state index in [1.807, 2.05) is 0 Å². The number of carbonyl (C=O) groups is 1. The van der Waals surface area contributed by atoms with Gasteiger partial charge in [-0.2, -0.15) is 0 Å². The summed E-state index contributed by atoms with van der Waals surface area (Å²) in [6.45, 7) is 1.80. The van der Waals surface area contributed by atoms with Gasteiger partial charge >= 0.3 is 5.97 Å². The van der Waals surface area contributed by atoms with Gasteiger partial charge < -0.3 is 10.5 Å². The molecule has 0 saturated heterocycles. The van der Waals surface area contributed by atoms with Crippen LogP contribution < -0.4 is 5.73 Å². The molecule has 0 aliphatic rings. The molecular weight excluding hydrogens is 185 g/mol. The van der Waals surface area contributed by atoms with Gasteiger partial charge in [0.15, 0.2) is 0 Å². The molecule has 0 fully saturated rings. The Balaban J connectivity index is 3.24. The number of benzene rings is 1. The Hall–Kier alpha value is -1.58. The number of carbonyl (C=O) groups excluding carboxylic acids is 1. The first-order valence-electron chi connectivity index (χ1n) is 4.26. The van der Waals surface area contributed by atoms with Gasteiger partial charge in [-0.05, 0) is 24.1 Å². The summed E-state index contributed by atoms with van der Waals surface area (Å²) in [6, 6.07) is 2.57. The van der Waals surface area contributed by atoms with Gasteiger partial charge in [-0.1, -0.05) is 6.92 Å². The van der Waals surface area contributed by atoms with Gasteiger partial charge in [0.1, 0.15) is 5.82 Å². The third kappa shape index (κ3) is 1.84. The van der Waals surface area contributed by atoms with Crippen LogP contribution in [0, 0.1) is 5.82 Å². The van der Waals surface area contributed by atoms with Crippen molar-refractivity contribution in [1.82, 2.24) is 0 Å². The molecule has 0 aromatic heterocycles. The van der Waals surface area contributed by atoms with Crippen molar-refractivity contribution in [2.24, 2.45) is 0 Å². The summed E-state index contributed by atoms with van der Waals surface area (Å²) in [5, 5.41) is 0. The maximum Gasteiger partial charge on any atom is 0.339 e. The van der Waals surface area contributed by atoms with Crippen LogP contribution in [-0.4, -0.2) is 13.1 Å². The third-order valence-corrected chi connectivity index (χ3v) is 2.00. The summed E-state index contributed by atoms with van der Waals surface area (Å²) in [5.41, 5.74) is 6.26. The van der Waals surface area contributed by atoms with Crippen LogP contribution in [0.5, 0.6) is 0 Å².